The topological polar surface area (TPSA) is 90.4 Å². The molecule has 1 N–H and O–H groups in total. The molecule has 1 aromatic carbocycles. The van der Waals surface area contributed by atoms with Crippen molar-refractivity contribution in [1.29, 1.82) is 0 Å². The Morgan fingerprint density at radius 2 is 1.85 bits per heavy atom. The molecule has 2 bridgehead atoms. The number of ether oxygens (including phenoxy) is 1. The molecule has 6 atom stereocenters. The van der Waals surface area contributed by atoms with E-state index >= 15 is 0 Å². The molecule has 8 nitrogen and oxygen atoms in total. The van der Waals surface area contributed by atoms with Gasteiger partial charge in [0.1, 0.15) is 11.6 Å². The highest BCUT2D eigenvalue weighted by molar-refractivity contribution is 6.05. The summed E-state index contributed by atoms with van der Waals surface area (Å²) in [4.78, 5) is 48.2. The van der Waals surface area contributed by atoms with Gasteiger partial charge in [0.15, 0.2) is 0 Å². The largest absolute Gasteiger partial charge is 0.394 e. The number of fused-ring (bicyclic) bond motifs is 1. The Kier molecular flexibility index (Phi) is 8.35. The second-order valence-corrected chi connectivity index (χ2v) is 12.1. The summed E-state index contributed by atoms with van der Waals surface area (Å²) in [6.45, 7) is 17.7. The number of benzene rings is 1. The molecule has 3 aliphatic rings. The van der Waals surface area contributed by atoms with Gasteiger partial charge in [-0.05, 0) is 56.2 Å². The average molecular weight is 552 g/mol. The van der Waals surface area contributed by atoms with Crippen LogP contribution in [-0.2, 0) is 19.1 Å². The predicted octanol–water partition coefficient (Wildman–Crippen LogP) is 3.64. The van der Waals surface area contributed by atoms with Gasteiger partial charge in [0, 0.05) is 25.8 Å². The molecule has 3 fully saturated rings. The van der Waals surface area contributed by atoms with E-state index in [-0.39, 0.29) is 36.8 Å². The number of rotatable bonds is 11. The molecule has 8 heteroatoms. The summed E-state index contributed by atoms with van der Waals surface area (Å²) in [5.41, 5.74) is 0.686. The number of anilines is 1. The molecule has 3 aliphatic heterocycles. The number of amides is 3. The lowest BCUT2D eigenvalue weighted by molar-refractivity contribution is -0.153. The summed E-state index contributed by atoms with van der Waals surface area (Å²) >= 11 is 0. The summed E-state index contributed by atoms with van der Waals surface area (Å²) in [7, 11) is 1.71. The number of likely N-dealkylation sites (N-methyl/N-ethyl adjacent to an activating group) is 1. The zero-order valence-corrected chi connectivity index (χ0v) is 24.9. The van der Waals surface area contributed by atoms with Crippen LogP contribution in [-0.4, -0.2) is 82.7 Å². The van der Waals surface area contributed by atoms with E-state index in [4.69, 9.17) is 4.74 Å². The first-order valence-electron chi connectivity index (χ1n) is 14.4. The Labute approximate surface area is 238 Å². The molecule has 1 spiro atoms. The first-order chi connectivity index (χ1) is 18.9. The molecule has 3 saturated heterocycles. The van der Waals surface area contributed by atoms with Crippen molar-refractivity contribution in [3.63, 3.8) is 0 Å². The van der Waals surface area contributed by atoms with Crippen LogP contribution in [0.4, 0.5) is 5.69 Å². The van der Waals surface area contributed by atoms with Crippen LogP contribution in [0.5, 0.6) is 0 Å². The molecule has 0 saturated carbocycles. The van der Waals surface area contributed by atoms with E-state index in [9.17, 15) is 19.5 Å². The minimum Gasteiger partial charge on any atom is -0.394 e. The van der Waals surface area contributed by atoms with Gasteiger partial charge in [0.05, 0.1) is 30.1 Å². The molecule has 1 aromatic rings. The highest BCUT2D eigenvalue weighted by Crippen LogP contribution is 2.65. The van der Waals surface area contributed by atoms with Crippen LogP contribution in [0.25, 0.3) is 0 Å². The molecule has 0 radical (unpaired) electrons. The van der Waals surface area contributed by atoms with Gasteiger partial charge in [0.25, 0.3) is 5.91 Å². The van der Waals surface area contributed by atoms with Crippen LogP contribution < -0.4 is 4.90 Å². The molecule has 3 amide bonds. The van der Waals surface area contributed by atoms with E-state index in [1.807, 2.05) is 52.8 Å². The maximum Gasteiger partial charge on any atom is 0.253 e. The van der Waals surface area contributed by atoms with Crippen molar-refractivity contribution in [2.24, 2.45) is 17.8 Å². The van der Waals surface area contributed by atoms with Crippen LogP contribution >= 0.6 is 0 Å². The lowest BCUT2D eigenvalue weighted by atomic mass is 9.64. The summed E-state index contributed by atoms with van der Waals surface area (Å²) < 4.78 is 6.92. The number of likely N-dealkylation sites (tertiary alicyclic amines) is 1. The van der Waals surface area contributed by atoms with Crippen molar-refractivity contribution in [2.75, 3.05) is 31.6 Å². The minimum absolute atomic E-state index is 0.122. The number of aliphatic hydroxyl groups excluding tert-OH is 1. The number of aliphatic hydroxyl groups is 1. The molecule has 0 aliphatic carbocycles. The van der Waals surface area contributed by atoms with Crippen molar-refractivity contribution in [1.82, 2.24) is 9.80 Å². The molecular formula is C32H45N3O5. The third kappa shape index (κ3) is 4.40. The quantitative estimate of drug-likeness (QED) is 0.424. The Bertz CT molecular complexity index is 1200. The van der Waals surface area contributed by atoms with E-state index in [1.54, 1.807) is 33.9 Å². The van der Waals surface area contributed by atoms with E-state index in [2.05, 4.69) is 13.2 Å². The summed E-state index contributed by atoms with van der Waals surface area (Å²) in [6.07, 6.45) is 4.97. The van der Waals surface area contributed by atoms with Gasteiger partial charge in [-0.1, -0.05) is 45.1 Å². The Morgan fingerprint density at radius 1 is 1.18 bits per heavy atom. The first kappa shape index (κ1) is 30.0. The van der Waals surface area contributed by atoms with Crippen molar-refractivity contribution in [3.8, 4) is 0 Å². The van der Waals surface area contributed by atoms with E-state index < -0.39 is 35.1 Å². The third-order valence-corrected chi connectivity index (χ3v) is 9.44. The normalized spacial score (nSPS) is 29.4. The van der Waals surface area contributed by atoms with Crippen molar-refractivity contribution >= 4 is 23.4 Å². The van der Waals surface area contributed by atoms with Crippen molar-refractivity contribution in [3.05, 3.63) is 54.6 Å². The number of carbonyl (C=O) groups is 3. The SMILES string of the molecule is C=CCN(C)C(=O)[C@H]1[C@H]2C(=O)N([C@@H](CO)C(C)C)C(C(=O)N(CC=C)c3cc(C)ccc3C)C23CC[C@]1(CC)O3. The van der Waals surface area contributed by atoms with Gasteiger partial charge in [-0.25, -0.2) is 0 Å². The molecule has 218 valence electrons. The maximum absolute atomic E-state index is 14.8. The van der Waals surface area contributed by atoms with Gasteiger partial charge in [-0.2, -0.15) is 0 Å². The van der Waals surface area contributed by atoms with E-state index in [0.29, 0.717) is 25.8 Å². The fourth-order valence-corrected chi connectivity index (χ4v) is 7.40. The van der Waals surface area contributed by atoms with Gasteiger partial charge >= 0.3 is 0 Å². The van der Waals surface area contributed by atoms with Crippen LogP contribution in [0, 0.1) is 31.6 Å². The number of aryl methyl sites for hydroxylation is 2. The van der Waals surface area contributed by atoms with Crippen LogP contribution in [0.3, 0.4) is 0 Å². The number of carbonyl (C=O) groups excluding carboxylic acids is 3. The fourth-order valence-electron chi connectivity index (χ4n) is 7.40. The summed E-state index contributed by atoms with van der Waals surface area (Å²) in [5.74, 6) is -2.38. The number of hydrogen-bond acceptors (Lipinski definition) is 5. The Hall–Kier alpha value is -2.97. The standard InChI is InChI=1S/C32H45N3O5/c1-9-16-33(8)28(37)25-26-29(38)35(24(19-36)20(4)5)27(32(26)15-14-31(25,11-3)40-32)30(39)34(17-10-2)23-18-21(6)12-13-22(23)7/h9-10,12-13,18,20,24-27,36H,1-2,11,14-17,19H2,3-8H3/t24-,25+,26-,27?,31-,32?/m0/s1. The van der Waals surface area contributed by atoms with Crippen LogP contribution in [0.2, 0.25) is 0 Å². The lowest BCUT2D eigenvalue weighted by Crippen LogP contribution is -2.60. The van der Waals surface area contributed by atoms with Gasteiger partial charge in [-0.3, -0.25) is 14.4 Å². The Balaban J connectivity index is 1.91. The molecular weight excluding hydrogens is 506 g/mol. The fraction of sp³-hybridized carbons (Fsp3) is 0.594. The summed E-state index contributed by atoms with van der Waals surface area (Å²) in [5, 5.41) is 10.5. The van der Waals surface area contributed by atoms with E-state index in [0.717, 1.165) is 16.8 Å². The Morgan fingerprint density at radius 3 is 2.42 bits per heavy atom. The van der Waals surface area contributed by atoms with Gasteiger partial charge in [-0.15, -0.1) is 13.2 Å². The first-order valence-corrected chi connectivity index (χ1v) is 14.4. The number of hydrogen-bond donors (Lipinski definition) is 1. The second kappa shape index (κ2) is 11.1. The molecule has 2 unspecified atom stereocenters. The third-order valence-electron chi connectivity index (χ3n) is 9.44. The molecule has 3 heterocycles. The minimum atomic E-state index is -1.17. The monoisotopic (exact) mass is 551 g/mol. The molecule has 4 rings (SSSR count). The molecule has 40 heavy (non-hydrogen) atoms. The smallest absolute Gasteiger partial charge is 0.253 e. The zero-order chi connectivity index (χ0) is 29.6. The highest BCUT2D eigenvalue weighted by atomic mass is 16.5. The van der Waals surface area contributed by atoms with Gasteiger partial charge in [0.2, 0.25) is 11.8 Å². The van der Waals surface area contributed by atoms with Crippen molar-refractivity contribution in [2.45, 2.75) is 77.2 Å². The molecule has 0 aromatic heterocycles. The highest BCUT2D eigenvalue weighted by Gasteiger charge is 2.79. The second-order valence-electron chi connectivity index (χ2n) is 12.1. The maximum atomic E-state index is 14.8. The lowest BCUT2D eigenvalue weighted by Gasteiger charge is -2.41. The summed E-state index contributed by atoms with van der Waals surface area (Å²) in [6, 6.07) is 4.35. The van der Waals surface area contributed by atoms with E-state index in [1.165, 1.54) is 0 Å². The van der Waals surface area contributed by atoms with Crippen molar-refractivity contribution < 1.29 is 24.2 Å². The zero-order valence-electron chi connectivity index (χ0n) is 24.9. The van der Waals surface area contributed by atoms with Crippen LogP contribution in [0.15, 0.2) is 43.5 Å². The number of nitrogens with zero attached hydrogens (tertiary/aromatic N) is 3. The predicted molar refractivity (Wildman–Crippen MR) is 156 cm³/mol. The van der Waals surface area contributed by atoms with Gasteiger partial charge < -0.3 is 24.5 Å². The van der Waals surface area contributed by atoms with Crippen LogP contribution in [0.1, 0.15) is 51.2 Å². The average Bonchev–Trinajstić information content (AvgIpc) is 3.52.